The van der Waals surface area contributed by atoms with Gasteiger partial charge in [0, 0.05) is 18.7 Å². The van der Waals surface area contributed by atoms with E-state index in [9.17, 15) is 4.79 Å². The summed E-state index contributed by atoms with van der Waals surface area (Å²) in [5.74, 6) is -0.209. The van der Waals surface area contributed by atoms with Crippen LogP contribution >= 0.6 is 12.2 Å². The Morgan fingerprint density at radius 3 is 2.93 bits per heavy atom. The lowest BCUT2D eigenvalue weighted by Crippen LogP contribution is -2.35. The Kier molecular flexibility index (Phi) is 4.17. The Bertz CT molecular complexity index is 353. The average molecular weight is 223 g/mol. The summed E-state index contributed by atoms with van der Waals surface area (Å²) < 4.78 is 0. The molecule has 0 saturated heterocycles. The lowest BCUT2D eigenvalue weighted by Gasteiger charge is -2.12. The maximum absolute atomic E-state index is 11.6. The zero-order chi connectivity index (χ0) is 11.3. The number of rotatable bonds is 4. The zero-order valence-electron chi connectivity index (χ0n) is 8.43. The first-order valence-electron chi connectivity index (χ1n) is 4.60. The number of nitrogens with zero attached hydrogens (tertiary/aromatic N) is 1. The zero-order valence-corrected chi connectivity index (χ0v) is 9.25. The van der Waals surface area contributed by atoms with Gasteiger partial charge in [0.2, 0.25) is 0 Å². The lowest BCUT2D eigenvalue weighted by molar-refractivity contribution is 0.0936. The van der Waals surface area contributed by atoms with Crippen molar-refractivity contribution in [1.29, 1.82) is 0 Å². The molecule has 1 aromatic heterocycles. The van der Waals surface area contributed by atoms with Crippen LogP contribution in [-0.4, -0.2) is 21.9 Å². The fraction of sp³-hybridized carbons (Fsp3) is 0.300. The minimum atomic E-state index is -0.209. The first kappa shape index (κ1) is 11.6. The van der Waals surface area contributed by atoms with Gasteiger partial charge in [-0.25, -0.2) is 0 Å². The van der Waals surface area contributed by atoms with Crippen molar-refractivity contribution in [2.75, 3.05) is 0 Å². The average Bonchev–Trinajstić information content (AvgIpc) is 2.17. The molecule has 15 heavy (non-hydrogen) atoms. The standard InChI is InChI=1S/C10H13N3OS/c1-7(6-9(11)15)13-10(14)8-4-2-3-5-12-8/h2-5,7H,6H2,1H3,(H2,11,15)(H,13,14). The van der Waals surface area contributed by atoms with Crippen molar-refractivity contribution >= 4 is 23.1 Å². The third-order valence-corrected chi connectivity index (χ3v) is 1.95. The highest BCUT2D eigenvalue weighted by Gasteiger charge is 2.10. The van der Waals surface area contributed by atoms with Gasteiger partial charge in [0.15, 0.2) is 0 Å². The van der Waals surface area contributed by atoms with Gasteiger partial charge < -0.3 is 11.1 Å². The molecule has 1 atom stereocenters. The van der Waals surface area contributed by atoms with Crippen LogP contribution in [0.1, 0.15) is 23.8 Å². The van der Waals surface area contributed by atoms with Gasteiger partial charge in [0.25, 0.3) is 5.91 Å². The van der Waals surface area contributed by atoms with E-state index in [1.807, 2.05) is 6.92 Å². The molecule has 0 aliphatic carbocycles. The van der Waals surface area contributed by atoms with Crippen LogP contribution in [0, 0.1) is 0 Å². The SMILES string of the molecule is CC(CC(N)=S)NC(=O)c1ccccn1. The molecule has 0 bridgehead atoms. The lowest BCUT2D eigenvalue weighted by atomic mass is 10.2. The second kappa shape index (κ2) is 5.41. The number of hydrogen-bond acceptors (Lipinski definition) is 3. The molecule has 1 unspecified atom stereocenters. The predicted molar refractivity (Wildman–Crippen MR) is 62.6 cm³/mol. The van der Waals surface area contributed by atoms with Crippen molar-refractivity contribution in [1.82, 2.24) is 10.3 Å². The summed E-state index contributed by atoms with van der Waals surface area (Å²) in [6, 6.07) is 5.11. The fourth-order valence-corrected chi connectivity index (χ4v) is 1.40. The summed E-state index contributed by atoms with van der Waals surface area (Å²) in [5.41, 5.74) is 5.77. The Hall–Kier alpha value is -1.49. The summed E-state index contributed by atoms with van der Waals surface area (Å²) in [5, 5.41) is 2.76. The van der Waals surface area contributed by atoms with Crippen LogP contribution in [-0.2, 0) is 0 Å². The number of nitrogens with two attached hydrogens (primary N) is 1. The monoisotopic (exact) mass is 223 g/mol. The van der Waals surface area contributed by atoms with Crippen molar-refractivity contribution in [3.63, 3.8) is 0 Å². The van der Waals surface area contributed by atoms with E-state index < -0.39 is 0 Å². The van der Waals surface area contributed by atoms with E-state index in [1.54, 1.807) is 24.4 Å². The summed E-state index contributed by atoms with van der Waals surface area (Å²) in [7, 11) is 0. The van der Waals surface area contributed by atoms with Crippen LogP contribution in [0.4, 0.5) is 0 Å². The molecule has 1 aromatic rings. The van der Waals surface area contributed by atoms with Crippen LogP contribution in [0.3, 0.4) is 0 Å². The Morgan fingerprint density at radius 2 is 2.40 bits per heavy atom. The summed E-state index contributed by atoms with van der Waals surface area (Å²) in [6.45, 7) is 1.85. The van der Waals surface area contributed by atoms with Crippen LogP contribution in [0.15, 0.2) is 24.4 Å². The van der Waals surface area contributed by atoms with E-state index in [0.717, 1.165) is 0 Å². The molecule has 0 aromatic carbocycles. The maximum atomic E-state index is 11.6. The van der Waals surface area contributed by atoms with Crippen molar-refractivity contribution in [3.8, 4) is 0 Å². The predicted octanol–water partition coefficient (Wildman–Crippen LogP) is 0.876. The van der Waals surface area contributed by atoms with E-state index in [-0.39, 0.29) is 11.9 Å². The Morgan fingerprint density at radius 1 is 1.67 bits per heavy atom. The molecular formula is C10H13N3OS. The molecule has 0 aliphatic heterocycles. The largest absolute Gasteiger partial charge is 0.393 e. The number of nitrogens with one attached hydrogen (secondary N) is 1. The summed E-state index contributed by atoms with van der Waals surface area (Å²) in [4.78, 5) is 15.9. The van der Waals surface area contributed by atoms with E-state index in [1.165, 1.54) is 0 Å². The van der Waals surface area contributed by atoms with Crippen LogP contribution in [0.25, 0.3) is 0 Å². The first-order chi connectivity index (χ1) is 7.09. The summed E-state index contributed by atoms with van der Waals surface area (Å²) >= 11 is 4.75. The van der Waals surface area contributed by atoms with Gasteiger partial charge >= 0.3 is 0 Å². The molecule has 0 radical (unpaired) electrons. The molecule has 4 nitrogen and oxygen atoms in total. The van der Waals surface area contributed by atoms with Gasteiger partial charge in [-0.3, -0.25) is 9.78 Å². The fourth-order valence-electron chi connectivity index (χ4n) is 1.15. The molecule has 3 N–H and O–H groups in total. The van der Waals surface area contributed by atoms with Gasteiger partial charge in [-0.05, 0) is 19.1 Å². The minimum Gasteiger partial charge on any atom is -0.393 e. The molecule has 0 spiro atoms. The topological polar surface area (TPSA) is 68.0 Å². The molecule has 1 rings (SSSR count). The van der Waals surface area contributed by atoms with Gasteiger partial charge in [0.1, 0.15) is 5.69 Å². The molecule has 0 saturated carbocycles. The Labute approximate surface area is 93.9 Å². The van der Waals surface area contributed by atoms with E-state index in [4.69, 9.17) is 18.0 Å². The molecular weight excluding hydrogens is 210 g/mol. The van der Waals surface area contributed by atoms with Crippen LogP contribution in [0.2, 0.25) is 0 Å². The van der Waals surface area contributed by atoms with Gasteiger partial charge in [0.05, 0.1) is 4.99 Å². The first-order valence-corrected chi connectivity index (χ1v) is 5.00. The van der Waals surface area contributed by atoms with Crippen molar-refractivity contribution in [2.45, 2.75) is 19.4 Å². The third-order valence-electron chi connectivity index (χ3n) is 1.78. The van der Waals surface area contributed by atoms with Crippen molar-refractivity contribution in [2.24, 2.45) is 5.73 Å². The molecule has 1 heterocycles. The third kappa shape index (κ3) is 4.03. The van der Waals surface area contributed by atoms with Crippen LogP contribution in [0.5, 0.6) is 0 Å². The molecule has 80 valence electrons. The van der Waals surface area contributed by atoms with E-state index in [2.05, 4.69) is 10.3 Å². The Balaban J connectivity index is 2.53. The highest BCUT2D eigenvalue weighted by Crippen LogP contribution is 1.96. The van der Waals surface area contributed by atoms with E-state index in [0.29, 0.717) is 17.1 Å². The summed E-state index contributed by atoms with van der Waals surface area (Å²) in [6.07, 6.45) is 2.07. The number of thiocarbonyl (C=S) groups is 1. The van der Waals surface area contributed by atoms with Crippen LogP contribution < -0.4 is 11.1 Å². The van der Waals surface area contributed by atoms with Gasteiger partial charge in [-0.1, -0.05) is 18.3 Å². The number of pyridine rings is 1. The number of aromatic nitrogens is 1. The second-order valence-electron chi connectivity index (χ2n) is 3.26. The van der Waals surface area contributed by atoms with E-state index >= 15 is 0 Å². The highest BCUT2D eigenvalue weighted by atomic mass is 32.1. The second-order valence-corrected chi connectivity index (χ2v) is 3.78. The van der Waals surface area contributed by atoms with Crippen molar-refractivity contribution in [3.05, 3.63) is 30.1 Å². The van der Waals surface area contributed by atoms with Crippen molar-refractivity contribution < 1.29 is 4.79 Å². The molecule has 0 fully saturated rings. The minimum absolute atomic E-state index is 0.0722. The quantitative estimate of drug-likeness (QED) is 0.743. The maximum Gasteiger partial charge on any atom is 0.270 e. The van der Waals surface area contributed by atoms with Gasteiger partial charge in [-0.2, -0.15) is 0 Å². The number of amides is 1. The molecule has 0 aliphatic rings. The molecule has 5 heteroatoms. The highest BCUT2D eigenvalue weighted by molar-refractivity contribution is 7.80. The normalized spacial score (nSPS) is 11.8. The smallest absolute Gasteiger partial charge is 0.270 e. The van der Waals surface area contributed by atoms with Gasteiger partial charge in [-0.15, -0.1) is 0 Å². The molecule has 1 amide bonds. The number of hydrogen-bond donors (Lipinski definition) is 2. The number of carbonyl (C=O) groups is 1. The number of carbonyl (C=O) groups excluding carboxylic acids is 1.